The van der Waals surface area contributed by atoms with E-state index in [2.05, 4.69) is 16.4 Å². The van der Waals surface area contributed by atoms with Gasteiger partial charge in [-0.3, -0.25) is 4.79 Å². The predicted molar refractivity (Wildman–Crippen MR) is 103 cm³/mol. The molecule has 0 radical (unpaired) electrons. The normalized spacial score (nSPS) is 12.0. The van der Waals surface area contributed by atoms with Crippen molar-refractivity contribution < 1.29 is 14.3 Å². The van der Waals surface area contributed by atoms with Crippen LogP contribution >= 0.6 is 11.8 Å². The van der Waals surface area contributed by atoms with Gasteiger partial charge < -0.3 is 14.8 Å². The number of nitrogens with one attached hydrogen (secondary N) is 1. The molecular weight excluding hydrogens is 362 g/mol. The van der Waals surface area contributed by atoms with Crippen LogP contribution in [0.5, 0.6) is 11.5 Å². The van der Waals surface area contributed by atoms with E-state index < -0.39 is 0 Å². The number of aromatic nitrogens is 1. The van der Waals surface area contributed by atoms with E-state index in [9.17, 15) is 10.1 Å². The Hall–Kier alpha value is -3.24. The third-order valence-electron chi connectivity index (χ3n) is 4.07. The zero-order chi connectivity index (χ0) is 18.8. The molecule has 27 heavy (non-hydrogen) atoms. The zero-order valence-corrected chi connectivity index (χ0v) is 15.3. The number of hydrogen-bond acceptors (Lipinski definition) is 6. The first kappa shape index (κ1) is 17.2. The number of carbonyl (C=O) groups excluding carboxylic acids is 1. The SMILES string of the molecule is Cc1ccc(NC(=O)CSc2nc3cc4c(cc3cc2C#N)OCO4)cc1. The Morgan fingerprint density at radius 1 is 1.22 bits per heavy atom. The number of nitrogens with zero attached hydrogens (tertiary/aromatic N) is 2. The van der Waals surface area contributed by atoms with Crippen molar-refractivity contribution in [3.8, 4) is 17.6 Å². The number of carbonyl (C=O) groups is 1. The fourth-order valence-corrected chi connectivity index (χ4v) is 3.47. The molecule has 0 bridgehead atoms. The van der Waals surface area contributed by atoms with E-state index in [0.717, 1.165) is 16.6 Å². The van der Waals surface area contributed by atoms with E-state index in [0.29, 0.717) is 27.6 Å². The van der Waals surface area contributed by atoms with Gasteiger partial charge in [0.2, 0.25) is 12.7 Å². The molecular formula is C20H15N3O3S. The molecule has 7 heteroatoms. The Kier molecular flexibility index (Phi) is 4.57. The van der Waals surface area contributed by atoms with E-state index >= 15 is 0 Å². The number of hydrogen-bond donors (Lipinski definition) is 1. The Labute approximate surface area is 160 Å². The maximum absolute atomic E-state index is 12.2. The number of aryl methyl sites for hydroxylation is 1. The minimum absolute atomic E-state index is 0.152. The van der Waals surface area contributed by atoms with Crippen LogP contribution in [-0.2, 0) is 4.79 Å². The van der Waals surface area contributed by atoms with Gasteiger partial charge in [0.05, 0.1) is 16.8 Å². The van der Waals surface area contributed by atoms with Crippen molar-refractivity contribution in [1.29, 1.82) is 5.26 Å². The van der Waals surface area contributed by atoms with Crippen molar-refractivity contribution >= 4 is 34.3 Å². The van der Waals surface area contributed by atoms with Crippen molar-refractivity contribution in [2.45, 2.75) is 11.9 Å². The molecule has 0 atom stereocenters. The average molecular weight is 377 g/mol. The summed E-state index contributed by atoms with van der Waals surface area (Å²) in [7, 11) is 0. The summed E-state index contributed by atoms with van der Waals surface area (Å²) in [6.45, 7) is 2.17. The quantitative estimate of drug-likeness (QED) is 0.695. The molecule has 1 aliphatic heterocycles. The number of anilines is 1. The van der Waals surface area contributed by atoms with Gasteiger partial charge in [-0.25, -0.2) is 4.98 Å². The van der Waals surface area contributed by atoms with Gasteiger partial charge in [0, 0.05) is 17.1 Å². The predicted octanol–water partition coefficient (Wildman–Crippen LogP) is 3.87. The second kappa shape index (κ2) is 7.17. The third kappa shape index (κ3) is 3.66. The molecule has 6 nitrogen and oxygen atoms in total. The number of thioether (sulfide) groups is 1. The summed E-state index contributed by atoms with van der Waals surface area (Å²) >= 11 is 1.23. The first-order valence-electron chi connectivity index (χ1n) is 8.26. The highest BCUT2D eigenvalue weighted by atomic mass is 32.2. The summed E-state index contributed by atoms with van der Waals surface area (Å²) in [6, 6.07) is 15.1. The lowest BCUT2D eigenvalue weighted by molar-refractivity contribution is -0.113. The fourth-order valence-electron chi connectivity index (χ4n) is 2.70. The number of nitriles is 1. The van der Waals surface area contributed by atoms with Crippen LogP contribution in [0.1, 0.15) is 11.1 Å². The summed E-state index contributed by atoms with van der Waals surface area (Å²) in [4.78, 5) is 16.7. The maximum Gasteiger partial charge on any atom is 0.234 e. The maximum atomic E-state index is 12.2. The van der Waals surface area contributed by atoms with Gasteiger partial charge in [-0.15, -0.1) is 0 Å². The summed E-state index contributed by atoms with van der Waals surface area (Å²) in [6.07, 6.45) is 0. The molecule has 1 amide bonds. The van der Waals surface area contributed by atoms with Gasteiger partial charge in [-0.2, -0.15) is 5.26 Å². The minimum Gasteiger partial charge on any atom is -0.454 e. The number of amides is 1. The molecule has 0 fully saturated rings. The molecule has 3 aromatic rings. The van der Waals surface area contributed by atoms with Crippen LogP contribution in [0.2, 0.25) is 0 Å². The van der Waals surface area contributed by atoms with Crippen molar-refractivity contribution in [1.82, 2.24) is 4.98 Å². The van der Waals surface area contributed by atoms with Crippen LogP contribution in [-0.4, -0.2) is 23.4 Å². The highest BCUT2D eigenvalue weighted by Gasteiger charge is 2.17. The molecule has 0 aliphatic carbocycles. The van der Waals surface area contributed by atoms with Crippen molar-refractivity contribution in [3.63, 3.8) is 0 Å². The third-order valence-corrected chi connectivity index (χ3v) is 5.06. The lowest BCUT2D eigenvalue weighted by Crippen LogP contribution is -2.14. The fraction of sp³-hybridized carbons (Fsp3) is 0.150. The molecule has 2 heterocycles. The first-order chi connectivity index (χ1) is 13.1. The number of benzene rings is 2. The molecule has 0 saturated carbocycles. The van der Waals surface area contributed by atoms with E-state index in [4.69, 9.17) is 9.47 Å². The van der Waals surface area contributed by atoms with E-state index in [1.54, 1.807) is 12.1 Å². The first-order valence-corrected chi connectivity index (χ1v) is 9.25. The lowest BCUT2D eigenvalue weighted by atomic mass is 10.1. The van der Waals surface area contributed by atoms with Crippen molar-refractivity contribution in [3.05, 3.63) is 53.6 Å². The monoisotopic (exact) mass is 377 g/mol. The molecule has 1 aromatic heterocycles. The molecule has 1 N–H and O–H groups in total. The number of fused-ring (bicyclic) bond motifs is 2. The summed E-state index contributed by atoms with van der Waals surface area (Å²) in [5, 5.41) is 13.6. The van der Waals surface area contributed by atoms with Gasteiger partial charge in [0.1, 0.15) is 11.1 Å². The van der Waals surface area contributed by atoms with Gasteiger partial charge in [0.25, 0.3) is 0 Å². The molecule has 2 aromatic carbocycles. The Bertz CT molecular complexity index is 1070. The highest BCUT2D eigenvalue weighted by molar-refractivity contribution is 8.00. The van der Waals surface area contributed by atoms with Gasteiger partial charge in [-0.05, 0) is 31.2 Å². The van der Waals surface area contributed by atoms with Crippen molar-refractivity contribution in [2.24, 2.45) is 0 Å². The Morgan fingerprint density at radius 2 is 1.96 bits per heavy atom. The smallest absolute Gasteiger partial charge is 0.234 e. The second-order valence-electron chi connectivity index (χ2n) is 6.05. The molecule has 0 unspecified atom stereocenters. The van der Waals surface area contributed by atoms with Gasteiger partial charge >= 0.3 is 0 Å². The Balaban J connectivity index is 1.52. The van der Waals surface area contributed by atoms with Crippen LogP contribution in [0.25, 0.3) is 10.9 Å². The van der Waals surface area contributed by atoms with Gasteiger partial charge in [-0.1, -0.05) is 29.5 Å². The minimum atomic E-state index is -0.152. The molecule has 134 valence electrons. The van der Waals surface area contributed by atoms with Crippen LogP contribution in [0.3, 0.4) is 0 Å². The van der Waals surface area contributed by atoms with Crippen LogP contribution in [0, 0.1) is 18.3 Å². The van der Waals surface area contributed by atoms with E-state index in [1.807, 2.05) is 37.3 Å². The number of ether oxygens (including phenoxy) is 2. The molecule has 4 rings (SSSR count). The largest absolute Gasteiger partial charge is 0.454 e. The standard InChI is InChI=1S/C20H15N3O3S/c1-12-2-4-15(5-3-12)22-19(24)10-27-20-14(9-21)6-13-7-17-18(26-11-25-17)8-16(13)23-20/h2-8H,10-11H2,1H3,(H,22,24). The molecule has 1 aliphatic rings. The Morgan fingerprint density at radius 3 is 2.70 bits per heavy atom. The van der Waals surface area contributed by atoms with E-state index in [1.165, 1.54) is 11.8 Å². The highest BCUT2D eigenvalue weighted by Crippen LogP contribution is 2.36. The zero-order valence-electron chi connectivity index (χ0n) is 14.5. The van der Waals surface area contributed by atoms with Crippen molar-refractivity contribution in [2.75, 3.05) is 17.9 Å². The van der Waals surface area contributed by atoms with Crippen LogP contribution in [0.15, 0.2) is 47.5 Å². The summed E-state index contributed by atoms with van der Waals surface area (Å²) < 4.78 is 10.7. The van der Waals surface area contributed by atoms with Gasteiger partial charge in [0.15, 0.2) is 11.5 Å². The summed E-state index contributed by atoms with van der Waals surface area (Å²) in [5.74, 6) is 1.28. The lowest BCUT2D eigenvalue weighted by Gasteiger charge is -2.08. The molecule has 0 spiro atoms. The number of pyridine rings is 1. The topological polar surface area (TPSA) is 84.2 Å². The summed E-state index contributed by atoms with van der Waals surface area (Å²) in [5.41, 5.74) is 2.99. The second-order valence-corrected chi connectivity index (χ2v) is 7.02. The van der Waals surface area contributed by atoms with Crippen LogP contribution < -0.4 is 14.8 Å². The van der Waals surface area contributed by atoms with E-state index in [-0.39, 0.29) is 18.5 Å². The molecule has 0 saturated heterocycles. The van der Waals surface area contributed by atoms with Crippen LogP contribution in [0.4, 0.5) is 5.69 Å². The average Bonchev–Trinajstić information content (AvgIpc) is 3.12. The number of rotatable bonds is 4.